The van der Waals surface area contributed by atoms with Crippen molar-refractivity contribution >= 4 is 17.6 Å². The minimum absolute atomic E-state index is 0.00310. The van der Waals surface area contributed by atoms with Gasteiger partial charge in [-0.15, -0.1) is 0 Å². The maximum absolute atomic E-state index is 14.8. The summed E-state index contributed by atoms with van der Waals surface area (Å²) in [5, 5.41) is 21.2. The average Bonchev–Trinajstić information content (AvgIpc) is 3.33. The monoisotopic (exact) mass is 470 g/mol. The van der Waals surface area contributed by atoms with Gasteiger partial charge in [-0.3, -0.25) is 14.7 Å². The molecule has 9 nitrogen and oxygen atoms in total. The Morgan fingerprint density at radius 2 is 2.12 bits per heavy atom. The number of aromatic amines is 1. The number of pyridine rings is 1. The Labute approximate surface area is 194 Å². The molecular weight excluding hydrogens is 446 g/mol. The number of amides is 2. The number of benzene rings is 1. The normalized spacial score (nSPS) is 15.0. The van der Waals surface area contributed by atoms with Crippen LogP contribution >= 0.6 is 0 Å². The van der Waals surface area contributed by atoms with E-state index in [0.29, 0.717) is 31.5 Å². The van der Waals surface area contributed by atoms with E-state index in [4.69, 9.17) is 5.11 Å². The summed E-state index contributed by atoms with van der Waals surface area (Å²) < 4.78 is 28.3. The molecule has 34 heavy (non-hydrogen) atoms. The van der Waals surface area contributed by atoms with Crippen molar-refractivity contribution in [3.63, 3.8) is 0 Å². The molecule has 3 aromatic rings. The third-order valence-corrected chi connectivity index (χ3v) is 5.69. The Balaban J connectivity index is 1.50. The number of aliphatic hydroxyl groups is 1. The molecular formula is C23H24F2N6O3. The zero-order chi connectivity index (χ0) is 24.1. The molecule has 1 aliphatic rings. The average molecular weight is 470 g/mol. The number of aromatic nitrogens is 3. The number of hydrogen-bond acceptors (Lipinski definition) is 6. The van der Waals surface area contributed by atoms with Gasteiger partial charge in [0, 0.05) is 31.4 Å². The maximum Gasteiger partial charge on any atom is 0.255 e. The van der Waals surface area contributed by atoms with Crippen molar-refractivity contribution in [1.29, 1.82) is 0 Å². The quantitative estimate of drug-likeness (QED) is 0.378. The third kappa shape index (κ3) is 5.20. The van der Waals surface area contributed by atoms with E-state index in [9.17, 15) is 18.4 Å². The molecule has 178 valence electrons. The van der Waals surface area contributed by atoms with Gasteiger partial charge in [0.25, 0.3) is 5.91 Å². The summed E-state index contributed by atoms with van der Waals surface area (Å²) in [5.41, 5.74) is 1.21. The number of hydrogen-bond donors (Lipinski definition) is 4. The van der Waals surface area contributed by atoms with Gasteiger partial charge < -0.3 is 20.6 Å². The van der Waals surface area contributed by atoms with Crippen LogP contribution in [0.5, 0.6) is 0 Å². The van der Waals surface area contributed by atoms with Crippen LogP contribution in [0, 0.1) is 11.6 Å². The first kappa shape index (κ1) is 23.3. The molecule has 2 amide bonds. The lowest BCUT2D eigenvalue weighted by molar-refractivity contribution is -0.141. The van der Waals surface area contributed by atoms with Gasteiger partial charge in [-0.05, 0) is 36.6 Å². The van der Waals surface area contributed by atoms with E-state index < -0.39 is 24.2 Å². The van der Waals surface area contributed by atoms with Gasteiger partial charge in [0.1, 0.15) is 23.9 Å². The molecule has 4 N–H and O–H groups in total. The van der Waals surface area contributed by atoms with E-state index in [1.54, 1.807) is 12.1 Å². The fourth-order valence-corrected chi connectivity index (χ4v) is 3.78. The van der Waals surface area contributed by atoms with E-state index >= 15 is 0 Å². The lowest BCUT2D eigenvalue weighted by Gasteiger charge is -2.40. The number of anilines is 1. The fourth-order valence-electron chi connectivity index (χ4n) is 3.78. The number of carbonyl (C=O) groups excluding carboxylic acids is 2. The van der Waals surface area contributed by atoms with Gasteiger partial charge in [0.2, 0.25) is 5.91 Å². The Morgan fingerprint density at radius 3 is 2.79 bits per heavy atom. The van der Waals surface area contributed by atoms with Crippen LogP contribution in [0.25, 0.3) is 11.3 Å². The Kier molecular flexibility index (Phi) is 7.12. The molecule has 1 aromatic carbocycles. The molecule has 0 spiro atoms. The molecule has 3 heterocycles. The lowest BCUT2D eigenvalue weighted by atomic mass is 10.0. The number of nitrogens with zero attached hydrogens (tertiary/aromatic N) is 3. The molecule has 1 fully saturated rings. The fraction of sp³-hybridized carbons (Fsp3) is 0.304. The second-order valence-corrected chi connectivity index (χ2v) is 7.91. The van der Waals surface area contributed by atoms with Crippen molar-refractivity contribution in [3.05, 3.63) is 65.5 Å². The van der Waals surface area contributed by atoms with Crippen molar-refractivity contribution < 1.29 is 23.5 Å². The summed E-state index contributed by atoms with van der Waals surface area (Å²) in [6.45, 7) is 0.420. The second-order valence-electron chi connectivity index (χ2n) is 7.91. The highest BCUT2D eigenvalue weighted by Crippen LogP contribution is 2.25. The van der Waals surface area contributed by atoms with Gasteiger partial charge in [0.05, 0.1) is 17.8 Å². The largest absolute Gasteiger partial charge is 0.387 e. The Bertz CT molecular complexity index is 1170. The van der Waals surface area contributed by atoms with Crippen LogP contribution in [0.2, 0.25) is 0 Å². The van der Waals surface area contributed by atoms with Crippen molar-refractivity contribution in [3.8, 4) is 11.3 Å². The van der Waals surface area contributed by atoms with E-state index in [1.807, 2.05) is 0 Å². The van der Waals surface area contributed by atoms with E-state index in [1.165, 1.54) is 29.4 Å². The van der Waals surface area contributed by atoms with Crippen LogP contribution in [-0.2, 0) is 11.2 Å². The van der Waals surface area contributed by atoms with E-state index in [0.717, 1.165) is 11.6 Å². The maximum atomic E-state index is 14.8. The zero-order valence-electron chi connectivity index (χ0n) is 18.2. The van der Waals surface area contributed by atoms with Gasteiger partial charge in [-0.25, -0.2) is 13.8 Å². The highest BCUT2D eigenvalue weighted by atomic mass is 19.1. The summed E-state index contributed by atoms with van der Waals surface area (Å²) in [4.78, 5) is 30.4. The first-order valence-electron chi connectivity index (χ1n) is 10.8. The number of halogens is 2. The number of carbonyl (C=O) groups is 2. The van der Waals surface area contributed by atoms with Crippen LogP contribution in [-0.4, -0.2) is 69.3 Å². The summed E-state index contributed by atoms with van der Waals surface area (Å²) >= 11 is 0. The number of aliphatic hydroxyl groups excluding tert-OH is 1. The van der Waals surface area contributed by atoms with Gasteiger partial charge in [0.15, 0.2) is 5.82 Å². The zero-order valence-corrected chi connectivity index (χ0v) is 18.2. The highest BCUT2D eigenvalue weighted by Gasteiger charge is 2.32. The van der Waals surface area contributed by atoms with E-state index in [2.05, 4.69) is 25.8 Å². The lowest BCUT2D eigenvalue weighted by Crippen LogP contribution is -2.56. The van der Waals surface area contributed by atoms with Crippen molar-refractivity contribution in [1.82, 2.24) is 25.4 Å². The number of nitrogens with one attached hydrogen (secondary N) is 3. The highest BCUT2D eigenvalue weighted by molar-refractivity contribution is 5.99. The molecule has 0 aliphatic carbocycles. The van der Waals surface area contributed by atoms with Crippen molar-refractivity contribution in [2.75, 3.05) is 31.6 Å². The minimum atomic E-state index is -0.692. The number of likely N-dealkylation sites (tertiary alicyclic amines) is 1. The molecule has 4 rings (SSSR count). The number of rotatable bonds is 9. The molecule has 1 aliphatic heterocycles. The van der Waals surface area contributed by atoms with E-state index in [-0.39, 0.29) is 35.5 Å². The topological polar surface area (TPSA) is 123 Å². The summed E-state index contributed by atoms with van der Waals surface area (Å²) in [6, 6.07) is 7.05. The minimum Gasteiger partial charge on any atom is -0.387 e. The van der Waals surface area contributed by atoms with Crippen LogP contribution in [0.1, 0.15) is 22.3 Å². The smallest absolute Gasteiger partial charge is 0.255 e. The SMILES string of the molecule is O=C(NC[C@H]1CCN1C(=O)CO)c1cc(F)c(-c2cn[nH]c2)nc1NCCc1cccc(F)c1. The molecule has 1 atom stereocenters. The Morgan fingerprint density at radius 1 is 1.26 bits per heavy atom. The molecule has 0 saturated carbocycles. The van der Waals surface area contributed by atoms with Crippen LogP contribution in [0.15, 0.2) is 42.7 Å². The second kappa shape index (κ2) is 10.4. The molecule has 0 radical (unpaired) electrons. The molecule has 2 aromatic heterocycles. The Hall–Kier alpha value is -3.86. The van der Waals surface area contributed by atoms with Crippen LogP contribution < -0.4 is 10.6 Å². The van der Waals surface area contributed by atoms with Crippen molar-refractivity contribution in [2.45, 2.75) is 18.9 Å². The van der Waals surface area contributed by atoms with Gasteiger partial charge in [-0.1, -0.05) is 12.1 Å². The van der Waals surface area contributed by atoms with Crippen molar-refractivity contribution in [2.24, 2.45) is 0 Å². The molecule has 11 heteroatoms. The summed E-state index contributed by atoms with van der Waals surface area (Å²) in [6.07, 6.45) is 4.06. The van der Waals surface area contributed by atoms with Gasteiger partial charge in [-0.2, -0.15) is 5.10 Å². The molecule has 1 saturated heterocycles. The number of H-pyrrole nitrogens is 1. The first-order chi connectivity index (χ1) is 16.5. The molecule has 0 unspecified atom stereocenters. The first-order valence-corrected chi connectivity index (χ1v) is 10.8. The predicted octanol–water partition coefficient (Wildman–Crippen LogP) is 1.73. The van der Waals surface area contributed by atoms with Crippen LogP contribution in [0.4, 0.5) is 14.6 Å². The standard InChI is InChI=1S/C23H24F2N6O3/c24-16-3-1-2-14(8-16)4-6-26-22-18(9-19(25)21(30-22)15-10-28-29-11-15)23(34)27-12-17-5-7-31(17)20(33)13-32/h1-3,8-11,17,32H,4-7,12-13H2,(H,26,30)(H,27,34)(H,28,29)/t17-/m1/s1. The predicted molar refractivity (Wildman–Crippen MR) is 120 cm³/mol. The van der Waals surface area contributed by atoms with Gasteiger partial charge >= 0.3 is 0 Å². The van der Waals surface area contributed by atoms with Crippen LogP contribution in [0.3, 0.4) is 0 Å². The molecule has 0 bridgehead atoms. The third-order valence-electron chi connectivity index (χ3n) is 5.69. The summed E-state index contributed by atoms with van der Waals surface area (Å²) in [7, 11) is 0. The summed E-state index contributed by atoms with van der Waals surface area (Å²) in [5.74, 6) is -1.82.